The van der Waals surface area contributed by atoms with Crippen LogP contribution in [0.3, 0.4) is 0 Å². The number of piperidine rings is 1. The lowest BCUT2D eigenvalue weighted by atomic mass is 9.95. The first-order valence-corrected chi connectivity index (χ1v) is 10.4. The van der Waals surface area contributed by atoms with Crippen molar-refractivity contribution in [3.63, 3.8) is 0 Å². The van der Waals surface area contributed by atoms with Crippen LogP contribution in [0.25, 0.3) is 11.1 Å². The quantitative estimate of drug-likeness (QED) is 0.655. The Bertz CT molecular complexity index is 982. The number of hydrogen-bond acceptors (Lipinski definition) is 4. The van der Waals surface area contributed by atoms with E-state index in [1.165, 1.54) is 5.56 Å². The number of pyridine rings is 1. The Morgan fingerprint density at radius 3 is 2.47 bits per heavy atom. The molecule has 30 heavy (non-hydrogen) atoms. The number of hydrogen-bond donors (Lipinski definition) is 1. The largest absolute Gasteiger partial charge is 0.497 e. The molecule has 0 unspecified atom stereocenters. The van der Waals surface area contributed by atoms with Gasteiger partial charge in [0.2, 0.25) is 5.91 Å². The predicted octanol–water partition coefficient (Wildman–Crippen LogP) is 4.61. The number of amides is 1. The fraction of sp³-hybridized carbons (Fsp3) is 0.280. The van der Waals surface area contributed by atoms with Crippen LogP contribution in [0.15, 0.2) is 73.1 Å². The molecule has 154 valence electrons. The number of nitrogens with one attached hydrogen (secondary N) is 1. The summed E-state index contributed by atoms with van der Waals surface area (Å²) >= 11 is 0. The average molecular weight is 402 g/mol. The summed E-state index contributed by atoms with van der Waals surface area (Å²) in [5, 5.41) is 3.12. The van der Waals surface area contributed by atoms with E-state index in [-0.39, 0.29) is 11.8 Å². The standard InChI is InChI=1S/C25H27N3O2/c1-30-24-7-3-5-22(17-24)21-4-2-6-23(16-21)27-25(29)20-10-14-28(15-11-20)18-19-8-12-26-13-9-19/h2-9,12-13,16-17,20H,10-11,14-15,18H2,1H3,(H,27,29). The van der Waals surface area contributed by atoms with Crippen LogP contribution in [0.5, 0.6) is 5.75 Å². The molecule has 1 aliphatic rings. The van der Waals surface area contributed by atoms with Crippen molar-refractivity contribution in [2.45, 2.75) is 19.4 Å². The Morgan fingerprint density at radius 1 is 1.03 bits per heavy atom. The van der Waals surface area contributed by atoms with Crippen molar-refractivity contribution in [3.8, 4) is 16.9 Å². The van der Waals surface area contributed by atoms with Crippen molar-refractivity contribution in [2.24, 2.45) is 5.92 Å². The number of rotatable bonds is 6. The van der Waals surface area contributed by atoms with Gasteiger partial charge in [0, 0.05) is 30.5 Å². The summed E-state index contributed by atoms with van der Waals surface area (Å²) in [6.45, 7) is 2.79. The van der Waals surface area contributed by atoms with E-state index >= 15 is 0 Å². The summed E-state index contributed by atoms with van der Waals surface area (Å²) in [5.74, 6) is 0.987. The van der Waals surface area contributed by atoms with Crippen molar-refractivity contribution in [3.05, 3.63) is 78.6 Å². The highest BCUT2D eigenvalue weighted by atomic mass is 16.5. The molecular weight excluding hydrogens is 374 g/mol. The summed E-state index contributed by atoms with van der Waals surface area (Å²) in [4.78, 5) is 19.3. The Balaban J connectivity index is 1.34. The molecule has 5 heteroatoms. The summed E-state index contributed by atoms with van der Waals surface area (Å²) < 4.78 is 5.32. The molecule has 1 saturated heterocycles. The number of nitrogens with zero attached hydrogens (tertiary/aromatic N) is 2. The highest BCUT2D eigenvalue weighted by Crippen LogP contribution is 2.27. The fourth-order valence-corrected chi connectivity index (χ4v) is 3.92. The van der Waals surface area contributed by atoms with Crippen molar-refractivity contribution in [2.75, 3.05) is 25.5 Å². The molecule has 2 heterocycles. The number of benzene rings is 2. The summed E-state index contributed by atoms with van der Waals surface area (Å²) in [6, 6.07) is 20.0. The van der Waals surface area contributed by atoms with Crippen LogP contribution in [-0.2, 0) is 11.3 Å². The monoisotopic (exact) mass is 401 g/mol. The van der Waals surface area contributed by atoms with Crippen LogP contribution in [-0.4, -0.2) is 36.0 Å². The molecular formula is C25H27N3O2. The maximum Gasteiger partial charge on any atom is 0.227 e. The molecule has 0 radical (unpaired) electrons. The number of likely N-dealkylation sites (tertiary alicyclic amines) is 1. The number of anilines is 1. The van der Waals surface area contributed by atoms with Gasteiger partial charge in [0.15, 0.2) is 0 Å². The lowest BCUT2D eigenvalue weighted by molar-refractivity contribution is -0.121. The predicted molar refractivity (Wildman–Crippen MR) is 119 cm³/mol. The van der Waals surface area contributed by atoms with Crippen molar-refractivity contribution < 1.29 is 9.53 Å². The zero-order chi connectivity index (χ0) is 20.8. The van der Waals surface area contributed by atoms with Gasteiger partial charge in [-0.1, -0.05) is 24.3 Å². The number of methoxy groups -OCH3 is 1. The normalized spacial score (nSPS) is 15.0. The van der Waals surface area contributed by atoms with Gasteiger partial charge < -0.3 is 10.1 Å². The lowest BCUT2D eigenvalue weighted by Gasteiger charge is -2.31. The molecule has 5 nitrogen and oxygen atoms in total. The third-order valence-electron chi connectivity index (χ3n) is 5.65. The topological polar surface area (TPSA) is 54.5 Å². The van der Waals surface area contributed by atoms with Gasteiger partial charge in [-0.15, -0.1) is 0 Å². The van der Waals surface area contributed by atoms with E-state index in [4.69, 9.17) is 4.74 Å². The van der Waals surface area contributed by atoms with Crippen molar-refractivity contribution >= 4 is 11.6 Å². The average Bonchev–Trinajstić information content (AvgIpc) is 2.80. The second kappa shape index (κ2) is 9.55. The first-order valence-electron chi connectivity index (χ1n) is 10.4. The first-order chi connectivity index (χ1) is 14.7. The maximum absolute atomic E-state index is 12.8. The number of aromatic nitrogens is 1. The highest BCUT2D eigenvalue weighted by Gasteiger charge is 2.25. The Hall–Kier alpha value is -3.18. The van der Waals surface area contributed by atoms with Gasteiger partial charge >= 0.3 is 0 Å². The van der Waals surface area contributed by atoms with Gasteiger partial charge in [-0.05, 0) is 79.0 Å². The van der Waals surface area contributed by atoms with Crippen LogP contribution >= 0.6 is 0 Å². The molecule has 0 aliphatic carbocycles. The zero-order valence-electron chi connectivity index (χ0n) is 17.3. The minimum absolute atomic E-state index is 0.0548. The van der Waals surface area contributed by atoms with Crippen LogP contribution in [0.4, 0.5) is 5.69 Å². The van der Waals surface area contributed by atoms with E-state index in [1.54, 1.807) is 7.11 Å². The first kappa shape index (κ1) is 20.1. The van der Waals surface area contributed by atoms with Gasteiger partial charge in [0.25, 0.3) is 0 Å². The molecule has 2 aromatic carbocycles. The van der Waals surface area contributed by atoms with Crippen molar-refractivity contribution in [1.82, 2.24) is 9.88 Å². The Kier molecular flexibility index (Phi) is 6.40. The molecule has 1 fully saturated rings. The van der Waals surface area contributed by atoms with Crippen molar-refractivity contribution in [1.29, 1.82) is 0 Å². The second-order valence-corrected chi connectivity index (χ2v) is 7.71. The van der Waals surface area contributed by atoms with E-state index in [1.807, 2.05) is 73.1 Å². The molecule has 1 aliphatic heterocycles. The Labute approximate surface area is 177 Å². The Morgan fingerprint density at radius 2 is 1.73 bits per heavy atom. The summed E-state index contributed by atoms with van der Waals surface area (Å²) in [5.41, 5.74) is 4.22. The van der Waals surface area contributed by atoms with E-state index in [9.17, 15) is 4.79 Å². The van der Waals surface area contributed by atoms with Gasteiger partial charge in [-0.2, -0.15) is 0 Å². The van der Waals surface area contributed by atoms with Gasteiger partial charge in [0.05, 0.1) is 7.11 Å². The number of ether oxygens (including phenoxy) is 1. The molecule has 1 N–H and O–H groups in total. The van der Waals surface area contributed by atoms with E-state index in [2.05, 4.69) is 15.2 Å². The third-order valence-corrected chi connectivity index (χ3v) is 5.65. The molecule has 0 atom stereocenters. The van der Waals surface area contributed by atoms with Gasteiger partial charge in [-0.3, -0.25) is 14.7 Å². The molecule has 1 aromatic heterocycles. The van der Waals surface area contributed by atoms with Crippen LogP contribution < -0.4 is 10.1 Å². The lowest BCUT2D eigenvalue weighted by Crippen LogP contribution is -2.37. The van der Waals surface area contributed by atoms with Crippen LogP contribution in [0.2, 0.25) is 0 Å². The molecule has 0 saturated carbocycles. The molecule has 4 rings (SSSR count). The molecule has 0 spiro atoms. The van der Waals surface area contributed by atoms with E-state index in [0.29, 0.717) is 0 Å². The molecule has 3 aromatic rings. The van der Waals surface area contributed by atoms with E-state index < -0.39 is 0 Å². The second-order valence-electron chi connectivity index (χ2n) is 7.71. The fourth-order valence-electron chi connectivity index (χ4n) is 3.92. The maximum atomic E-state index is 12.8. The summed E-state index contributed by atoms with van der Waals surface area (Å²) in [7, 11) is 1.66. The smallest absolute Gasteiger partial charge is 0.227 e. The molecule has 0 bridgehead atoms. The number of carbonyl (C=O) groups excluding carboxylic acids is 1. The molecule has 1 amide bonds. The van der Waals surface area contributed by atoms with Gasteiger partial charge in [0.1, 0.15) is 5.75 Å². The van der Waals surface area contributed by atoms with Crippen LogP contribution in [0, 0.1) is 5.92 Å². The SMILES string of the molecule is COc1cccc(-c2cccc(NC(=O)C3CCN(Cc4ccncc4)CC3)c2)c1. The summed E-state index contributed by atoms with van der Waals surface area (Å²) in [6.07, 6.45) is 5.42. The highest BCUT2D eigenvalue weighted by molar-refractivity contribution is 5.93. The third kappa shape index (κ3) is 5.05. The minimum Gasteiger partial charge on any atom is -0.497 e. The van der Waals surface area contributed by atoms with Crippen LogP contribution in [0.1, 0.15) is 18.4 Å². The number of carbonyl (C=O) groups is 1. The minimum atomic E-state index is 0.0548. The zero-order valence-corrected chi connectivity index (χ0v) is 17.3. The van der Waals surface area contributed by atoms with Gasteiger partial charge in [-0.25, -0.2) is 0 Å². The van der Waals surface area contributed by atoms with E-state index in [0.717, 1.165) is 55.0 Å².